The minimum absolute atomic E-state index is 0.0812. The Hall–Kier alpha value is -2.47. The molecule has 2 N–H and O–H groups in total. The highest BCUT2D eigenvalue weighted by molar-refractivity contribution is 5.44. The minimum Gasteiger partial charge on any atom is -0.508 e. The average molecular weight is 290 g/mol. The second-order valence-corrected chi connectivity index (χ2v) is 4.74. The van der Waals surface area contributed by atoms with Crippen LogP contribution in [0.3, 0.4) is 0 Å². The molecule has 0 spiro atoms. The summed E-state index contributed by atoms with van der Waals surface area (Å²) in [5, 5.41) is 23.2. The van der Waals surface area contributed by atoms with E-state index >= 15 is 0 Å². The van der Waals surface area contributed by atoms with Crippen LogP contribution in [-0.2, 0) is 13.1 Å². The van der Waals surface area contributed by atoms with Crippen LogP contribution in [0.1, 0.15) is 16.7 Å². The standard InChI is InChI=1S/C15H15FN2O3/c1-10-12(3-2-4-15(10)18(20)21)9-17-8-11-5-13(16)7-14(19)6-11/h2-7,17,19H,8-9H2,1H3. The largest absolute Gasteiger partial charge is 0.508 e. The van der Waals surface area contributed by atoms with Gasteiger partial charge in [-0.05, 0) is 30.2 Å². The highest BCUT2D eigenvalue weighted by Crippen LogP contribution is 2.21. The van der Waals surface area contributed by atoms with Gasteiger partial charge < -0.3 is 10.4 Å². The third kappa shape index (κ3) is 3.76. The van der Waals surface area contributed by atoms with E-state index < -0.39 is 10.7 Å². The summed E-state index contributed by atoms with van der Waals surface area (Å²) in [6.45, 7) is 2.47. The predicted molar refractivity (Wildman–Crippen MR) is 76.4 cm³/mol. The molecule has 2 rings (SSSR count). The zero-order valence-corrected chi connectivity index (χ0v) is 11.5. The van der Waals surface area contributed by atoms with E-state index in [1.54, 1.807) is 19.1 Å². The number of phenolic OH excluding ortho intramolecular Hbond substituents is 1. The average Bonchev–Trinajstić information content (AvgIpc) is 2.39. The Balaban J connectivity index is 2.04. The van der Waals surface area contributed by atoms with Crippen molar-refractivity contribution in [2.45, 2.75) is 20.0 Å². The number of hydrogen-bond donors (Lipinski definition) is 2. The van der Waals surface area contributed by atoms with E-state index in [1.165, 1.54) is 18.2 Å². The molecule has 0 unspecified atom stereocenters. The van der Waals surface area contributed by atoms with Gasteiger partial charge in [0.05, 0.1) is 4.92 Å². The van der Waals surface area contributed by atoms with E-state index in [2.05, 4.69) is 5.32 Å². The van der Waals surface area contributed by atoms with Crippen molar-refractivity contribution in [2.75, 3.05) is 0 Å². The van der Waals surface area contributed by atoms with Crippen molar-refractivity contribution in [1.82, 2.24) is 5.32 Å². The Bertz CT molecular complexity index is 654. The summed E-state index contributed by atoms with van der Waals surface area (Å²) in [7, 11) is 0. The van der Waals surface area contributed by atoms with Crippen molar-refractivity contribution < 1.29 is 14.4 Å². The number of aromatic hydroxyl groups is 1. The summed E-state index contributed by atoms with van der Waals surface area (Å²) in [4.78, 5) is 10.4. The first-order valence-electron chi connectivity index (χ1n) is 6.39. The van der Waals surface area contributed by atoms with Crippen LogP contribution in [0.2, 0.25) is 0 Å². The van der Waals surface area contributed by atoms with Crippen molar-refractivity contribution in [3.05, 3.63) is 69.0 Å². The summed E-state index contributed by atoms with van der Waals surface area (Å²) in [6, 6.07) is 8.73. The van der Waals surface area contributed by atoms with Gasteiger partial charge in [-0.15, -0.1) is 0 Å². The van der Waals surface area contributed by atoms with Crippen molar-refractivity contribution >= 4 is 5.69 Å². The molecule has 5 nitrogen and oxygen atoms in total. The van der Waals surface area contributed by atoms with E-state index in [9.17, 15) is 19.6 Å². The number of nitro groups is 1. The molecule has 0 saturated heterocycles. The van der Waals surface area contributed by atoms with Crippen LogP contribution in [0, 0.1) is 22.9 Å². The molecule has 6 heteroatoms. The zero-order valence-electron chi connectivity index (χ0n) is 11.5. The molecular weight excluding hydrogens is 275 g/mol. The normalized spacial score (nSPS) is 10.6. The summed E-state index contributed by atoms with van der Waals surface area (Å²) >= 11 is 0. The van der Waals surface area contributed by atoms with E-state index in [-0.39, 0.29) is 11.4 Å². The first-order chi connectivity index (χ1) is 9.97. The molecule has 2 aromatic carbocycles. The van der Waals surface area contributed by atoms with Crippen LogP contribution in [0.4, 0.5) is 10.1 Å². The summed E-state index contributed by atoms with van der Waals surface area (Å²) < 4.78 is 13.1. The van der Waals surface area contributed by atoms with Gasteiger partial charge in [-0.3, -0.25) is 10.1 Å². The van der Waals surface area contributed by atoms with Gasteiger partial charge in [-0.25, -0.2) is 4.39 Å². The maximum atomic E-state index is 13.1. The van der Waals surface area contributed by atoms with Crippen LogP contribution >= 0.6 is 0 Å². The lowest BCUT2D eigenvalue weighted by Gasteiger charge is -2.08. The molecule has 2 aromatic rings. The van der Waals surface area contributed by atoms with Crippen molar-refractivity contribution in [3.63, 3.8) is 0 Å². The van der Waals surface area contributed by atoms with Crippen LogP contribution in [0.5, 0.6) is 5.75 Å². The monoisotopic (exact) mass is 290 g/mol. The van der Waals surface area contributed by atoms with Crippen LogP contribution in [0.25, 0.3) is 0 Å². The quantitative estimate of drug-likeness (QED) is 0.655. The number of nitrogens with zero attached hydrogens (tertiary/aromatic N) is 1. The second-order valence-electron chi connectivity index (χ2n) is 4.74. The third-order valence-electron chi connectivity index (χ3n) is 3.20. The number of rotatable bonds is 5. The summed E-state index contributed by atoms with van der Waals surface area (Å²) in [5.74, 6) is -0.628. The molecule has 0 radical (unpaired) electrons. The molecule has 0 aliphatic heterocycles. The molecule has 21 heavy (non-hydrogen) atoms. The highest BCUT2D eigenvalue weighted by Gasteiger charge is 2.12. The molecule has 0 amide bonds. The molecule has 110 valence electrons. The first-order valence-corrected chi connectivity index (χ1v) is 6.39. The Morgan fingerprint density at radius 1 is 1.29 bits per heavy atom. The van der Waals surface area contributed by atoms with Crippen molar-refractivity contribution in [3.8, 4) is 5.75 Å². The topological polar surface area (TPSA) is 75.4 Å². The van der Waals surface area contributed by atoms with E-state index in [1.807, 2.05) is 0 Å². The summed E-state index contributed by atoms with van der Waals surface area (Å²) in [6.07, 6.45) is 0. The van der Waals surface area contributed by atoms with Gasteiger partial charge in [-0.2, -0.15) is 0 Å². The van der Waals surface area contributed by atoms with Crippen LogP contribution < -0.4 is 5.32 Å². The maximum Gasteiger partial charge on any atom is 0.272 e. The number of nitro benzene ring substituents is 1. The number of phenols is 1. The molecule has 0 aromatic heterocycles. The Labute approximate surface area is 121 Å². The van der Waals surface area contributed by atoms with Gasteiger partial charge >= 0.3 is 0 Å². The fraction of sp³-hybridized carbons (Fsp3) is 0.200. The van der Waals surface area contributed by atoms with E-state index in [0.29, 0.717) is 24.2 Å². The molecular formula is C15H15FN2O3. The van der Waals surface area contributed by atoms with Gasteiger partial charge in [-0.1, -0.05) is 12.1 Å². The summed E-state index contributed by atoms with van der Waals surface area (Å²) in [5.41, 5.74) is 2.11. The van der Waals surface area contributed by atoms with Gasteiger partial charge in [0.2, 0.25) is 0 Å². The van der Waals surface area contributed by atoms with E-state index in [0.717, 1.165) is 11.6 Å². The Kier molecular flexibility index (Phi) is 4.49. The maximum absolute atomic E-state index is 13.1. The fourth-order valence-electron chi connectivity index (χ4n) is 2.14. The van der Waals surface area contributed by atoms with Gasteiger partial charge in [0.25, 0.3) is 5.69 Å². The number of halogens is 1. The van der Waals surface area contributed by atoms with Crippen LogP contribution in [-0.4, -0.2) is 10.0 Å². The lowest BCUT2D eigenvalue weighted by atomic mass is 10.1. The number of benzene rings is 2. The van der Waals surface area contributed by atoms with Gasteiger partial charge in [0.15, 0.2) is 0 Å². The van der Waals surface area contributed by atoms with Crippen molar-refractivity contribution in [2.24, 2.45) is 0 Å². The SMILES string of the molecule is Cc1c(CNCc2cc(O)cc(F)c2)cccc1[N+](=O)[O-]. The van der Waals surface area contributed by atoms with Gasteiger partial charge in [0, 0.05) is 30.8 Å². The lowest BCUT2D eigenvalue weighted by molar-refractivity contribution is -0.385. The molecule has 0 heterocycles. The second kappa shape index (κ2) is 6.32. The molecule has 0 saturated carbocycles. The van der Waals surface area contributed by atoms with Gasteiger partial charge in [0.1, 0.15) is 11.6 Å². The molecule has 0 aliphatic rings. The lowest BCUT2D eigenvalue weighted by Crippen LogP contribution is -2.14. The first kappa shape index (κ1) is 14.9. The minimum atomic E-state index is -0.502. The fourth-order valence-corrected chi connectivity index (χ4v) is 2.14. The molecule has 0 fully saturated rings. The predicted octanol–water partition coefficient (Wildman–Crippen LogP) is 3.04. The Morgan fingerprint density at radius 3 is 2.71 bits per heavy atom. The van der Waals surface area contributed by atoms with Crippen molar-refractivity contribution in [1.29, 1.82) is 0 Å². The smallest absolute Gasteiger partial charge is 0.272 e. The third-order valence-corrected chi connectivity index (χ3v) is 3.20. The molecule has 0 bridgehead atoms. The number of nitrogens with one attached hydrogen (secondary N) is 1. The van der Waals surface area contributed by atoms with Crippen LogP contribution in [0.15, 0.2) is 36.4 Å². The Morgan fingerprint density at radius 2 is 2.05 bits per heavy atom. The van der Waals surface area contributed by atoms with E-state index in [4.69, 9.17) is 0 Å². The molecule has 0 aliphatic carbocycles. The molecule has 0 atom stereocenters. The highest BCUT2D eigenvalue weighted by atomic mass is 19.1. The zero-order chi connectivity index (χ0) is 15.4. The number of hydrogen-bond acceptors (Lipinski definition) is 4.